The van der Waals surface area contributed by atoms with Crippen LogP contribution in [0.15, 0.2) is 73.3 Å². The molecule has 0 bridgehead atoms. The fraction of sp³-hybridized carbons (Fsp3) is 0.280. The molecular formula is C25H26N6O. The molecule has 1 saturated heterocycles. The van der Waals surface area contributed by atoms with Crippen molar-refractivity contribution in [3.63, 3.8) is 0 Å². The second-order valence-electron chi connectivity index (χ2n) is 8.04. The Hall–Kier alpha value is -3.74. The first kappa shape index (κ1) is 20.2. The third kappa shape index (κ3) is 3.93. The van der Waals surface area contributed by atoms with E-state index < -0.39 is 0 Å². The van der Waals surface area contributed by atoms with Gasteiger partial charge < -0.3 is 4.90 Å². The van der Waals surface area contributed by atoms with Gasteiger partial charge in [-0.15, -0.1) is 0 Å². The van der Waals surface area contributed by atoms with Gasteiger partial charge in [-0.2, -0.15) is 5.10 Å². The predicted molar refractivity (Wildman–Crippen MR) is 122 cm³/mol. The van der Waals surface area contributed by atoms with E-state index in [0.29, 0.717) is 12.1 Å². The van der Waals surface area contributed by atoms with E-state index in [0.717, 1.165) is 48.7 Å². The van der Waals surface area contributed by atoms with Gasteiger partial charge in [0.25, 0.3) is 5.91 Å². The fourth-order valence-electron chi connectivity index (χ4n) is 4.38. The predicted octanol–water partition coefficient (Wildman–Crippen LogP) is 4.05. The minimum Gasteiger partial charge on any atom is -0.330 e. The summed E-state index contributed by atoms with van der Waals surface area (Å²) in [6.45, 7) is 3.52. The summed E-state index contributed by atoms with van der Waals surface area (Å²) in [5.74, 6) is 1.88. The monoisotopic (exact) mass is 426 g/mol. The number of rotatable bonds is 6. The van der Waals surface area contributed by atoms with Crippen molar-refractivity contribution in [3.8, 4) is 5.82 Å². The molecular weight excluding hydrogens is 400 g/mol. The Morgan fingerprint density at radius 2 is 1.94 bits per heavy atom. The molecule has 1 amide bonds. The van der Waals surface area contributed by atoms with E-state index in [4.69, 9.17) is 4.98 Å². The molecule has 1 aliphatic rings. The van der Waals surface area contributed by atoms with Crippen LogP contribution in [0.1, 0.15) is 53.2 Å². The van der Waals surface area contributed by atoms with Gasteiger partial charge in [0, 0.05) is 43.3 Å². The largest absolute Gasteiger partial charge is 0.330 e. The summed E-state index contributed by atoms with van der Waals surface area (Å²) in [5, 5.41) is 4.24. The molecule has 1 atom stereocenters. The number of aryl methyl sites for hydroxylation is 1. The van der Waals surface area contributed by atoms with Gasteiger partial charge in [0.05, 0.1) is 18.3 Å². The fourth-order valence-corrected chi connectivity index (χ4v) is 4.38. The molecule has 162 valence electrons. The van der Waals surface area contributed by atoms with E-state index in [-0.39, 0.29) is 11.9 Å². The minimum atomic E-state index is -0.0141. The number of amides is 1. The molecule has 0 unspecified atom stereocenters. The normalized spacial score (nSPS) is 15.9. The molecule has 7 heteroatoms. The number of nitrogens with zero attached hydrogens (tertiary/aromatic N) is 6. The maximum absolute atomic E-state index is 13.3. The van der Waals surface area contributed by atoms with Crippen molar-refractivity contribution >= 4 is 5.91 Å². The quantitative estimate of drug-likeness (QED) is 0.466. The Bertz CT molecular complexity index is 1200. The molecule has 1 aromatic carbocycles. The van der Waals surface area contributed by atoms with E-state index in [1.165, 1.54) is 0 Å². The Kier molecular flexibility index (Phi) is 5.54. The molecule has 1 aliphatic heterocycles. The Labute approximate surface area is 187 Å². The summed E-state index contributed by atoms with van der Waals surface area (Å²) in [7, 11) is 0. The molecule has 3 aromatic heterocycles. The summed E-state index contributed by atoms with van der Waals surface area (Å²) in [5.41, 5.74) is 2.75. The van der Waals surface area contributed by atoms with E-state index in [1.807, 2.05) is 75.1 Å². The smallest absolute Gasteiger partial charge is 0.254 e. The maximum Gasteiger partial charge on any atom is 0.254 e. The number of hydrogen-bond acceptors (Lipinski definition) is 4. The van der Waals surface area contributed by atoms with Gasteiger partial charge in [-0.05, 0) is 48.7 Å². The second-order valence-corrected chi connectivity index (χ2v) is 8.04. The standard InChI is InChI=1S/C25H26N6O/c1-2-23-26-14-17-31(23)24-8-3-6-21(28-24)22-7-4-16-30(22)25(32)20-11-9-19(10-12-20)18-29-15-5-13-27-29/h3,5-6,8-15,17,22H,2,4,7,16,18H2,1H3/t22-/m1/s1. The highest BCUT2D eigenvalue weighted by Gasteiger charge is 2.31. The van der Waals surface area contributed by atoms with Crippen molar-refractivity contribution in [3.05, 3.63) is 96.0 Å². The topological polar surface area (TPSA) is 68.8 Å². The van der Waals surface area contributed by atoms with E-state index in [1.54, 1.807) is 12.4 Å². The number of likely N-dealkylation sites (tertiary alicyclic amines) is 1. The Morgan fingerprint density at radius 1 is 1.06 bits per heavy atom. The van der Waals surface area contributed by atoms with E-state index >= 15 is 0 Å². The summed E-state index contributed by atoms with van der Waals surface area (Å²) in [4.78, 5) is 24.6. The first-order valence-corrected chi connectivity index (χ1v) is 11.1. The number of pyridine rings is 1. The number of imidazole rings is 1. The van der Waals surface area contributed by atoms with Crippen LogP contribution in [0.25, 0.3) is 5.82 Å². The van der Waals surface area contributed by atoms with Crippen LogP contribution in [-0.2, 0) is 13.0 Å². The molecule has 5 rings (SSSR count). The van der Waals surface area contributed by atoms with Crippen LogP contribution < -0.4 is 0 Å². The summed E-state index contributed by atoms with van der Waals surface area (Å²) < 4.78 is 3.89. The zero-order chi connectivity index (χ0) is 21.9. The lowest BCUT2D eigenvalue weighted by molar-refractivity contribution is 0.0733. The van der Waals surface area contributed by atoms with E-state index in [2.05, 4.69) is 17.0 Å². The van der Waals surface area contributed by atoms with Crippen molar-refractivity contribution in [2.24, 2.45) is 0 Å². The highest BCUT2D eigenvalue weighted by Crippen LogP contribution is 2.32. The van der Waals surface area contributed by atoms with Crippen molar-refractivity contribution in [1.82, 2.24) is 29.2 Å². The number of carbonyl (C=O) groups is 1. The lowest BCUT2D eigenvalue weighted by atomic mass is 10.1. The van der Waals surface area contributed by atoms with Gasteiger partial charge in [0.15, 0.2) is 0 Å². The SMILES string of the molecule is CCc1nccn1-c1cccc([C@H]2CCCN2C(=O)c2ccc(Cn3cccn3)cc2)n1. The second kappa shape index (κ2) is 8.78. The average molecular weight is 427 g/mol. The highest BCUT2D eigenvalue weighted by atomic mass is 16.2. The summed E-state index contributed by atoms with van der Waals surface area (Å²) >= 11 is 0. The van der Waals surface area contributed by atoms with Crippen molar-refractivity contribution in [2.75, 3.05) is 6.54 Å². The molecule has 0 N–H and O–H groups in total. The van der Waals surface area contributed by atoms with Gasteiger partial charge in [-0.3, -0.25) is 14.0 Å². The number of carbonyl (C=O) groups excluding carboxylic acids is 1. The van der Waals surface area contributed by atoms with Crippen LogP contribution in [-0.4, -0.2) is 41.7 Å². The average Bonchev–Trinajstić information content (AvgIpc) is 3.61. The lowest BCUT2D eigenvalue weighted by Crippen LogP contribution is -2.31. The van der Waals surface area contributed by atoms with Crippen molar-refractivity contribution in [2.45, 2.75) is 38.8 Å². The van der Waals surface area contributed by atoms with Crippen LogP contribution in [0.4, 0.5) is 0 Å². The van der Waals surface area contributed by atoms with Crippen LogP contribution in [0.2, 0.25) is 0 Å². The Morgan fingerprint density at radius 3 is 2.72 bits per heavy atom. The third-order valence-corrected chi connectivity index (χ3v) is 6.00. The molecule has 0 spiro atoms. The first-order chi connectivity index (χ1) is 15.7. The van der Waals surface area contributed by atoms with Crippen molar-refractivity contribution < 1.29 is 4.79 Å². The van der Waals surface area contributed by atoms with Crippen LogP contribution in [0.5, 0.6) is 0 Å². The van der Waals surface area contributed by atoms with Crippen molar-refractivity contribution in [1.29, 1.82) is 0 Å². The number of benzene rings is 1. The molecule has 4 heterocycles. The number of hydrogen-bond donors (Lipinski definition) is 0. The van der Waals surface area contributed by atoms with Gasteiger partial charge in [0.1, 0.15) is 11.6 Å². The van der Waals surface area contributed by atoms with E-state index in [9.17, 15) is 4.79 Å². The van der Waals surface area contributed by atoms with Crippen LogP contribution >= 0.6 is 0 Å². The number of aromatic nitrogens is 5. The summed E-state index contributed by atoms with van der Waals surface area (Å²) in [6, 6.07) is 15.8. The van der Waals surface area contributed by atoms with Crippen LogP contribution in [0, 0.1) is 0 Å². The lowest BCUT2D eigenvalue weighted by Gasteiger charge is -2.25. The zero-order valence-electron chi connectivity index (χ0n) is 18.1. The van der Waals surface area contributed by atoms with Gasteiger partial charge in [-0.1, -0.05) is 25.1 Å². The van der Waals surface area contributed by atoms with Gasteiger partial charge in [0.2, 0.25) is 0 Å². The third-order valence-electron chi connectivity index (χ3n) is 6.00. The molecule has 4 aromatic rings. The van der Waals surface area contributed by atoms with Gasteiger partial charge >= 0.3 is 0 Å². The molecule has 32 heavy (non-hydrogen) atoms. The Balaban J connectivity index is 1.35. The van der Waals surface area contributed by atoms with Gasteiger partial charge in [-0.25, -0.2) is 9.97 Å². The zero-order valence-corrected chi connectivity index (χ0v) is 18.1. The minimum absolute atomic E-state index is 0.0141. The highest BCUT2D eigenvalue weighted by molar-refractivity contribution is 5.94. The summed E-state index contributed by atoms with van der Waals surface area (Å²) in [6.07, 6.45) is 10.2. The molecule has 0 aliphatic carbocycles. The van der Waals surface area contributed by atoms with Crippen LogP contribution in [0.3, 0.4) is 0 Å². The first-order valence-electron chi connectivity index (χ1n) is 11.1. The maximum atomic E-state index is 13.3. The molecule has 1 fully saturated rings. The molecule has 7 nitrogen and oxygen atoms in total. The molecule has 0 radical (unpaired) electrons. The molecule has 0 saturated carbocycles.